The van der Waals surface area contributed by atoms with E-state index in [1.807, 2.05) is 134 Å². The fourth-order valence-corrected chi connectivity index (χ4v) is 14.9. The number of nitrogens with two attached hydrogens (primary N) is 2. The number of carbonyl (C=O) groups excluding carboxylic acids is 6. The van der Waals surface area contributed by atoms with Crippen molar-refractivity contribution in [3.05, 3.63) is 233 Å². The van der Waals surface area contributed by atoms with Gasteiger partial charge in [0.2, 0.25) is 35.4 Å². The maximum Gasteiger partial charge on any atom is 0.247 e. The third-order valence-corrected chi connectivity index (χ3v) is 21.0. The maximum atomic E-state index is 15.0. The summed E-state index contributed by atoms with van der Waals surface area (Å²) in [5.41, 5.74) is 21.2. The first-order valence-corrected chi connectivity index (χ1v) is 35.3. The van der Waals surface area contributed by atoms with Crippen molar-refractivity contribution >= 4 is 85.5 Å². The number of pyridine rings is 3. The van der Waals surface area contributed by atoms with Crippen LogP contribution in [0.1, 0.15) is 78.1 Å². The number of rotatable bonds is 23. The smallest absolute Gasteiger partial charge is 0.247 e. The number of nitrogens with zero attached hydrogens (tertiary/aromatic N) is 5. The molecule has 552 valence electrons. The predicted octanol–water partition coefficient (Wildman–Crippen LogP) is 10.3. The van der Waals surface area contributed by atoms with Crippen molar-refractivity contribution in [2.24, 2.45) is 40.1 Å². The van der Waals surface area contributed by atoms with Gasteiger partial charge in [0.1, 0.15) is 37.2 Å². The molecule has 0 radical (unpaired) electrons. The fraction of sp³-hybridized carbons (Fsp3) is 0.296. The van der Waals surface area contributed by atoms with Gasteiger partial charge in [-0.25, -0.2) is 35.2 Å². The molecule has 107 heavy (non-hydrogen) atoms. The van der Waals surface area contributed by atoms with Crippen molar-refractivity contribution in [3.8, 4) is 17.2 Å². The molecular weight excluding hydrogens is 1370 g/mol. The summed E-state index contributed by atoms with van der Waals surface area (Å²) in [7, 11) is 0. The van der Waals surface area contributed by atoms with E-state index in [1.165, 1.54) is 24.3 Å². The Balaban J connectivity index is 0.000000142. The molecule has 3 aliphatic carbocycles. The van der Waals surface area contributed by atoms with Crippen molar-refractivity contribution in [1.29, 1.82) is 0 Å². The Morgan fingerprint density at radius 1 is 0.542 bits per heavy atom. The molecule has 7 aromatic carbocycles. The number of hydroxylamine groups is 3. The zero-order chi connectivity index (χ0) is 75.2. The van der Waals surface area contributed by atoms with Gasteiger partial charge in [-0.3, -0.25) is 49.4 Å². The summed E-state index contributed by atoms with van der Waals surface area (Å²) < 4.78 is 53.3. The summed E-state index contributed by atoms with van der Waals surface area (Å²) in [5, 5.41) is 32.8. The van der Waals surface area contributed by atoms with E-state index in [1.54, 1.807) is 46.8 Å². The van der Waals surface area contributed by atoms with Crippen molar-refractivity contribution in [2.45, 2.75) is 90.1 Å². The number of hydrogen-bond donors (Lipinski definition) is 9. The van der Waals surface area contributed by atoms with Gasteiger partial charge >= 0.3 is 0 Å². The summed E-state index contributed by atoms with van der Waals surface area (Å²) in [5.74, 6) is -4.35. The highest BCUT2D eigenvalue weighted by atomic mass is 19.1. The highest BCUT2D eigenvalue weighted by molar-refractivity contribution is 6.07. The van der Waals surface area contributed by atoms with Crippen LogP contribution in [0.4, 0.5) is 26.1 Å². The van der Waals surface area contributed by atoms with Crippen LogP contribution in [0.5, 0.6) is 17.2 Å². The van der Waals surface area contributed by atoms with Gasteiger partial charge in [0.15, 0.2) is 23.1 Å². The minimum Gasteiger partial charge on any atom is -0.489 e. The van der Waals surface area contributed by atoms with Crippen LogP contribution in [0.3, 0.4) is 0 Å². The van der Waals surface area contributed by atoms with Crippen molar-refractivity contribution < 1.29 is 72.1 Å². The first-order valence-electron chi connectivity index (χ1n) is 35.3. The standard InChI is InChI=1S/C28H25N3O4.C27H29FN4O4.C26H27FN4O5/c1-18-14-19(23-12-5-6-13-25(23)29-18)17-35-22-11-7-8-20(15-22)28(16-24(28)26(32)31-34)27(33)30-21-9-3-2-4-10-21;1-16-5-4-10-32(16)24-12-18(19-6-2-3-7-22(19)30-24)15-36-23-9-8-17(11-21(23)28)13-27(26(29)34)14-20(27)25(33)31-35;27-20-11-16(13-26(25(28)33)14-19(26)24(32)30-34)5-6-22(20)36-15-17-12-23(31-7-9-35-10-8-31)29-21-4-2-1-3-18(17)21/h2-15,24,34H,16-17H2,1H3,(H,30,33)(H,31,32);2-3,6-9,11-12,16,20,35H,4-5,10,13-15H2,1H3,(H2,29,34)(H,31,33);1-6,11-12,19,34H,7-10,13-15H2,(H2,28,33)(H,30,32)/t24-,28-;16?,20-,27+;19-,26+/m011/s1. The van der Waals surface area contributed by atoms with Crippen LogP contribution in [0.2, 0.25) is 0 Å². The molecule has 0 bridgehead atoms. The molecule has 3 saturated carbocycles. The lowest BCUT2D eigenvalue weighted by Crippen LogP contribution is -2.36. The molecular formula is C81H81F2N11O13. The summed E-state index contributed by atoms with van der Waals surface area (Å²) in [4.78, 5) is 91.9. The number of ether oxygens (including phenoxy) is 4. The zero-order valence-corrected chi connectivity index (χ0v) is 58.8. The molecule has 15 rings (SSSR count). The number of aromatic nitrogens is 3. The number of aryl methyl sites for hydroxylation is 1. The Kier molecular flexibility index (Phi) is 21.7. The summed E-state index contributed by atoms with van der Waals surface area (Å²) in [6, 6.07) is 55.2. The Morgan fingerprint density at radius 3 is 1.54 bits per heavy atom. The number of nitrogens with one attached hydrogen (secondary N) is 4. The normalized spacial score (nSPS) is 21.0. The Hall–Kier alpha value is -11.7. The number of amides is 6. The molecule has 1 unspecified atom stereocenters. The van der Waals surface area contributed by atoms with Gasteiger partial charge in [-0.1, -0.05) is 97.1 Å². The van der Waals surface area contributed by atoms with Gasteiger partial charge in [0, 0.05) is 69.9 Å². The van der Waals surface area contributed by atoms with Crippen LogP contribution < -0.4 is 57.2 Å². The average molecular weight is 1450 g/mol. The minimum atomic E-state index is -1.13. The maximum absolute atomic E-state index is 15.0. The first kappa shape index (κ1) is 73.6. The van der Waals surface area contributed by atoms with Gasteiger partial charge in [-0.2, -0.15) is 0 Å². The molecule has 2 saturated heterocycles. The van der Waals surface area contributed by atoms with Crippen LogP contribution in [0.15, 0.2) is 182 Å². The molecule has 10 aromatic rings. The van der Waals surface area contributed by atoms with Gasteiger partial charge in [0.05, 0.1) is 63.8 Å². The molecule has 26 heteroatoms. The first-order chi connectivity index (χ1) is 51.7. The highest BCUT2D eigenvalue weighted by Crippen LogP contribution is 2.57. The second kappa shape index (κ2) is 31.5. The second-order valence-electron chi connectivity index (χ2n) is 27.8. The quantitative estimate of drug-likeness (QED) is 0.0212. The zero-order valence-electron chi connectivity index (χ0n) is 58.8. The fourth-order valence-electron chi connectivity index (χ4n) is 14.9. The van der Waals surface area contributed by atoms with Crippen LogP contribution in [0.25, 0.3) is 32.7 Å². The van der Waals surface area contributed by atoms with Crippen LogP contribution in [-0.2, 0) is 71.6 Å². The van der Waals surface area contributed by atoms with E-state index in [-0.39, 0.29) is 62.7 Å². The molecule has 2 aliphatic heterocycles. The topological polar surface area (TPSA) is 345 Å². The van der Waals surface area contributed by atoms with Gasteiger partial charge < -0.3 is 45.5 Å². The molecule has 3 aromatic heterocycles. The van der Waals surface area contributed by atoms with E-state index in [0.717, 1.165) is 99.2 Å². The van der Waals surface area contributed by atoms with E-state index < -0.39 is 75.2 Å². The number of halogens is 2. The average Bonchev–Trinajstić information content (AvgIpc) is 1.56. The highest BCUT2D eigenvalue weighted by Gasteiger charge is 2.65. The lowest BCUT2D eigenvalue weighted by molar-refractivity contribution is -0.134. The summed E-state index contributed by atoms with van der Waals surface area (Å²) in [6.45, 7) is 8.50. The van der Waals surface area contributed by atoms with E-state index >= 15 is 0 Å². The lowest BCUT2D eigenvalue weighted by atomic mass is 9.91. The van der Waals surface area contributed by atoms with E-state index in [0.29, 0.717) is 54.0 Å². The van der Waals surface area contributed by atoms with Crippen LogP contribution in [-0.4, -0.2) is 105 Å². The third kappa shape index (κ3) is 15.8. The monoisotopic (exact) mass is 1450 g/mol. The number of carbonyl (C=O) groups is 6. The number of morpholine rings is 1. The largest absolute Gasteiger partial charge is 0.489 e. The number of fused-ring (bicyclic) bond motifs is 3. The predicted molar refractivity (Wildman–Crippen MR) is 393 cm³/mol. The van der Waals surface area contributed by atoms with Crippen LogP contribution in [0, 0.1) is 47.1 Å². The molecule has 11 N–H and O–H groups in total. The van der Waals surface area contributed by atoms with E-state index in [9.17, 15) is 42.8 Å². The number of hydrogen-bond acceptors (Lipinski definition) is 18. The molecule has 6 amide bonds. The molecule has 24 nitrogen and oxygen atoms in total. The van der Waals surface area contributed by atoms with E-state index in [2.05, 4.69) is 27.0 Å². The Morgan fingerprint density at radius 2 is 1.03 bits per heavy atom. The summed E-state index contributed by atoms with van der Waals surface area (Å²) >= 11 is 0. The summed E-state index contributed by atoms with van der Waals surface area (Å²) in [6.07, 6.45) is 3.15. The third-order valence-electron chi connectivity index (χ3n) is 21.0. The molecule has 5 heterocycles. The molecule has 0 spiro atoms. The van der Waals surface area contributed by atoms with Crippen molar-refractivity contribution in [1.82, 2.24) is 31.4 Å². The van der Waals surface area contributed by atoms with Gasteiger partial charge in [-0.15, -0.1) is 0 Å². The SMILES string of the molecule is CC1CCCN1c1cc(COc2ccc(C[C@]3(C(N)=O)C[C@@H]3C(=O)NO)cc2F)c2ccccc2n1.Cc1cc(COc2cccc([C@@]3(C(=O)Nc4ccccc4)C[C@H]3C(=O)NO)c2)c2ccccc2n1.NC(=O)[C@@]1(Cc2ccc(OCc3cc(N4CCOCC4)nc4ccccc34)c(F)c2)C[C@@H]1C(=O)NO. The molecule has 5 fully saturated rings. The van der Waals surface area contributed by atoms with E-state index in [4.69, 9.17) is 50.8 Å². The van der Waals surface area contributed by atoms with Crippen LogP contribution >= 0.6 is 0 Å². The number of primary amides is 2. The van der Waals surface area contributed by atoms with Gasteiger partial charge in [0.25, 0.3) is 0 Å². The molecule has 5 aliphatic rings. The second-order valence-corrected chi connectivity index (χ2v) is 27.8. The number of benzene rings is 7. The molecule has 7 atom stereocenters. The van der Waals surface area contributed by atoms with Gasteiger partial charge in [-0.05, 0) is 160 Å². The minimum absolute atomic E-state index is 0.0705. The lowest BCUT2D eigenvalue weighted by Gasteiger charge is -2.28. The Bertz CT molecular complexity index is 5030. The number of para-hydroxylation sites is 4. The Labute approximate surface area is 614 Å². The number of anilines is 3. The van der Waals surface area contributed by atoms with Crippen molar-refractivity contribution in [3.63, 3.8) is 0 Å². The van der Waals surface area contributed by atoms with Crippen molar-refractivity contribution in [2.75, 3.05) is 48.0 Å².